The summed E-state index contributed by atoms with van der Waals surface area (Å²) in [5.74, 6) is -0.938. The van der Waals surface area contributed by atoms with Crippen LogP contribution in [0.25, 0.3) is 0 Å². The van der Waals surface area contributed by atoms with Gasteiger partial charge >= 0.3 is 6.03 Å². The quantitative estimate of drug-likeness (QED) is 0.750. The zero-order chi connectivity index (χ0) is 19.6. The molecule has 1 aliphatic heterocycles. The number of hydrogen-bond acceptors (Lipinski definition) is 3. The number of rotatable bonds is 5. The van der Waals surface area contributed by atoms with E-state index in [2.05, 4.69) is 10.6 Å². The van der Waals surface area contributed by atoms with Crippen molar-refractivity contribution in [3.05, 3.63) is 69.7 Å². The summed E-state index contributed by atoms with van der Waals surface area (Å²) in [4.78, 5) is 38.2. The van der Waals surface area contributed by atoms with Crippen molar-refractivity contribution in [3.8, 4) is 0 Å². The first-order chi connectivity index (χ1) is 12.8. The summed E-state index contributed by atoms with van der Waals surface area (Å²) in [6.07, 6.45) is 0. The van der Waals surface area contributed by atoms with Crippen LogP contribution in [0.4, 0.5) is 4.79 Å². The average molecular weight is 406 g/mol. The molecule has 8 heteroatoms. The van der Waals surface area contributed by atoms with E-state index in [0.29, 0.717) is 15.6 Å². The minimum atomic E-state index is -1.24. The molecule has 0 aliphatic carbocycles. The zero-order valence-corrected chi connectivity index (χ0v) is 16.0. The molecule has 2 aromatic rings. The molecule has 3 rings (SSSR count). The Labute approximate surface area is 166 Å². The van der Waals surface area contributed by atoms with Crippen molar-refractivity contribution in [1.29, 1.82) is 0 Å². The van der Waals surface area contributed by atoms with Gasteiger partial charge in [-0.05, 0) is 42.3 Å². The molecular weight excluding hydrogens is 389 g/mol. The number of nitrogens with one attached hydrogen (secondary N) is 2. The molecule has 0 aromatic heterocycles. The highest BCUT2D eigenvalue weighted by atomic mass is 35.5. The Morgan fingerprint density at radius 3 is 2.48 bits per heavy atom. The summed E-state index contributed by atoms with van der Waals surface area (Å²) in [5.41, 5.74) is 0.167. The van der Waals surface area contributed by atoms with Gasteiger partial charge in [-0.1, -0.05) is 47.5 Å². The Bertz CT molecular complexity index is 901. The molecule has 2 N–H and O–H groups in total. The van der Waals surface area contributed by atoms with E-state index >= 15 is 0 Å². The molecule has 0 radical (unpaired) electrons. The van der Waals surface area contributed by atoms with E-state index in [1.807, 2.05) is 6.07 Å². The minimum absolute atomic E-state index is 0.248. The van der Waals surface area contributed by atoms with Gasteiger partial charge < -0.3 is 10.6 Å². The number of hydrogen-bond donors (Lipinski definition) is 2. The largest absolute Gasteiger partial charge is 0.350 e. The van der Waals surface area contributed by atoms with E-state index in [0.717, 1.165) is 10.5 Å². The van der Waals surface area contributed by atoms with Gasteiger partial charge in [-0.2, -0.15) is 0 Å². The molecule has 0 unspecified atom stereocenters. The Kier molecular flexibility index (Phi) is 5.39. The predicted octanol–water partition coefficient (Wildman–Crippen LogP) is 3.08. The van der Waals surface area contributed by atoms with Gasteiger partial charge in [-0.15, -0.1) is 0 Å². The first kappa shape index (κ1) is 19.2. The van der Waals surface area contributed by atoms with Gasteiger partial charge in [-0.25, -0.2) is 4.79 Å². The fraction of sp³-hybridized carbons (Fsp3) is 0.211. The van der Waals surface area contributed by atoms with Crippen LogP contribution in [0.15, 0.2) is 48.5 Å². The second kappa shape index (κ2) is 7.58. The molecule has 1 saturated heterocycles. The van der Waals surface area contributed by atoms with Gasteiger partial charge in [0.1, 0.15) is 12.1 Å². The third kappa shape index (κ3) is 4.07. The van der Waals surface area contributed by atoms with Crippen LogP contribution in [0.1, 0.15) is 18.1 Å². The van der Waals surface area contributed by atoms with E-state index in [1.54, 1.807) is 49.4 Å². The Hall–Kier alpha value is -2.57. The molecule has 0 saturated carbocycles. The minimum Gasteiger partial charge on any atom is -0.350 e. The van der Waals surface area contributed by atoms with Crippen molar-refractivity contribution in [3.63, 3.8) is 0 Å². The van der Waals surface area contributed by atoms with Crippen LogP contribution >= 0.6 is 23.2 Å². The van der Waals surface area contributed by atoms with Crippen LogP contribution in [-0.4, -0.2) is 29.3 Å². The number of amides is 4. The molecule has 4 amide bonds. The summed E-state index contributed by atoms with van der Waals surface area (Å²) < 4.78 is 0. The SMILES string of the molecule is C[C@]1(c2ccc(Cl)cc2)NC(=O)N(CC(=O)NCc2cccc(Cl)c2)C1=O. The highest BCUT2D eigenvalue weighted by molar-refractivity contribution is 6.30. The highest BCUT2D eigenvalue weighted by Crippen LogP contribution is 2.29. The lowest BCUT2D eigenvalue weighted by Gasteiger charge is -2.22. The van der Waals surface area contributed by atoms with Crippen LogP contribution in [0.5, 0.6) is 0 Å². The van der Waals surface area contributed by atoms with Crippen molar-refractivity contribution >= 4 is 41.0 Å². The lowest BCUT2D eigenvalue weighted by Crippen LogP contribution is -2.43. The van der Waals surface area contributed by atoms with Crippen molar-refractivity contribution in [2.75, 3.05) is 6.54 Å². The molecule has 1 fully saturated rings. The van der Waals surface area contributed by atoms with Crippen LogP contribution in [0, 0.1) is 0 Å². The normalized spacial score (nSPS) is 19.1. The Balaban J connectivity index is 1.66. The summed E-state index contributed by atoms with van der Waals surface area (Å²) >= 11 is 11.8. The molecule has 0 bridgehead atoms. The number of carbonyl (C=O) groups excluding carboxylic acids is 3. The number of imide groups is 1. The molecule has 1 heterocycles. The fourth-order valence-corrected chi connectivity index (χ4v) is 3.21. The summed E-state index contributed by atoms with van der Waals surface area (Å²) in [6.45, 7) is 1.48. The smallest absolute Gasteiger partial charge is 0.325 e. The summed E-state index contributed by atoms with van der Waals surface area (Å²) in [6, 6.07) is 13.1. The summed E-state index contributed by atoms with van der Waals surface area (Å²) in [5, 5.41) is 6.42. The van der Waals surface area contributed by atoms with E-state index in [4.69, 9.17) is 23.2 Å². The standard InChI is InChI=1S/C19H17Cl2N3O3/c1-19(13-5-7-14(20)8-6-13)17(26)24(18(27)23-19)11-16(25)22-10-12-3-2-4-15(21)9-12/h2-9H,10-11H2,1H3,(H,22,25)(H,23,27)/t19-/m1/s1. The monoisotopic (exact) mass is 405 g/mol. The third-order valence-corrected chi connectivity index (χ3v) is 4.86. The molecule has 140 valence electrons. The second-order valence-corrected chi connectivity index (χ2v) is 7.23. The molecule has 1 aliphatic rings. The zero-order valence-electron chi connectivity index (χ0n) is 14.5. The van der Waals surface area contributed by atoms with Gasteiger partial charge in [0.25, 0.3) is 5.91 Å². The Morgan fingerprint density at radius 2 is 1.81 bits per heavy atom. The topological polar surface area (TPSA) is 78.5 Å². The molecule has 27 heavy (non-hydrogen) atoms. The number of urea groups is 1. The predicted molar refractivity (Wildman–Crippen MR) is 102 cm³/mol. The summed E-state index contributed by atoms with van der Waals surface area (Å²) in [7, 11) is 0. The van der Waals surface area contributed by atoms with Crippen LogP contribution < -0.4 is 10.6 Å². The van der Waals surface area contributed by atoms with Crippen molar-refractivity contribution in [2.24, 2.45) is 0 Å². The maximum atomic E-state index is 12.8. The molecule has 0 spiro atoms. The van der Waals surface area contributed by atoms with Gasteiger partial charge in [0.05, 0.1) is 0 Å². The van der Waals surface area contributed by atoms with E-state index in [1.165, 1.54) is 0 Å². The first-order valence-electron chi connectivity index (χ1n) is 8.21. The molecule has 2 aromatic carbocycles. The maximum absolute atomic E-state index is 12.8. The van der Waals surface area contributed by atoms with Crippen molar-refractivity contribution in [2.45, 2.75) is 19.0 Å². The number of nitrogens with zero attached hydrogens (tertiary/aromatic N) is 1. The highest BCUT2D eigenvalue weighted by Gasteiger charge is 2.49. The van der Waals surface area contributed by atoms with Crippen LogP contribution in [0.3, 0.4) is 0 Å². The third-order valence-electron chi connectivity index (χ3n) is 4.38. The van der Waals surface area contributed by atoms with Gasteiger partial charge in [0.2, 0.25) is 5.91 Å². The first-order valence-corrected chi connectivity index (χ1v) is 8.96. The lowest BCUT2D eigenvalue weighted by molar-refractivity contribution is -0.134. The van der Waals surface area contributed by atoms with Crippen LogP contribution in [-0.2, 0) is 21.7 Å². The lowest BCUT2D eigenvalue weighted by atomic mass is 9.92. The van der Waals surface area contributed by atoms with Gasteiger partial charge in [0, 0.05) is 16.6 Å². The number of benzene rings is 2. The van der Waals surface area contributed by atoms with E-state index in [-0.39, 0.29) is 13.1 Å². The second-order valence-electron chi connectivity index (χ2n) is 6.36. The van der Waals surface area contributed by atoms with Gasteiger partial charge in [0.15, 0.2) is 0 Å². The molecule has 1 atom stereocenters. The number of carbonyl (C=O) groups is 3. The van der Waals surface area contributed by atoms with Gasteiger partial charge in [-0.3, -0.25) is 14.5 Å². The van der Waals surface area contributed by atoms with Crippen molar-refractivity contribution in [1.82, 2.24) is 15.5 Å². The van der Waals surface area contributed by atoms with Crippen molar-refractivity contribution < 1.29 is 14.4 Å². The molecule has 6 nitrogen and oxygen atoms in total. The van der Waals surface area contributed by atoms with Crippen LogP contribution in [0.2, 0.25) is 10.0 Å². The number of halogens is 2. The Morgan fingerprint density at radius 1 is 1.11 bits per heavy atom. The van der Waals surface area contributed by atoms with E-state index in [9.17, 15) is 14.4 Å². The maximum Gasteiger partial charge on any atom is 0.325 e. The molecular formula is C19H17Cl2N3O3. The van der Waals surface area contributed by atoms with E-state index < -0.39 is 23.4 Å². The average Bonchev–Trinajstić information content (AvgIpc) is 2.85. The fourth-order valence-electron chi connectivity index (χ4n) is 2.87.